The highest BCUT2D eigenvalue weighted by Crippen LogP contribution is 2.40. The van der Waals surface area contributed by atoms with Gasteiger partial charge in [-0.05, 0) is 25.3 Å². The number of carbonyl (C=O) groups is 1. The van der Waals surface area contributed by atoms with E-state index in [1.165, 1.54) is 5.56 Å². The zero-order chi connectivity index (χ0) is 17.4. The molecule has 6 heteroatoms. The number of aryl methyl sites for hydroxylation is 1. The Bertz CT molecular complexity index is 866. The average Bonchev–Trinajstić information content (AvgIpc) is 3.01. The normalized spacial score (nSPS) is 19.2. The molecule has 2 heterocycles. The summed E-state index contributed by atoms with van der Waals surface area (Å²) in [4.78, 5) is 17.3. The minimum atomic E-state index is -0.203. The van der Waals surface area contributed by atoms with Gasteiger partial charge in [0.05, 0.1) is 0 Å². The van der Waals surface area contributed by atoms with Crippen molar-refractivity contribution in [3.05, 3.63) is 59.3 Å². The zero-order valence-electron chi connectivity index (χ0n) is 14.2. The minimum Gasteiger partial charge on any atom is -0.328 e. The second-order valence-electron chi connectivity index (χ2n) is 6.37. The van der Waals surface area contributed by atoms with Gasteiger partial charge in [0.2, 0.25) is 11.1 Å². The van der Waals surface area contributed by atoms with Gasteiger partial charge in [0.15, 0.2) is 5.78 Å². The number of ketones is 1. The maximum absolute atomic E-state index is 12.7. The first-order valence-electron chi connectivity index (χ1n) is 8.47. The number of allylic oxidation sites excluding steroid dienone is 2. The van der Waals surface area contributed by atoms with Crippen molar-refractivity contribution in [2.75, 3.05) is 11.1 Å². The van der Waals surface area contributed by atoms with Crippen LogP contribution in [0.5, 0.6) is 0 Å². The second-order valence-corrected chi connectivity index (χ2v) is 7.36. The third-order valence-electron chi connectivity index (χ3n) is 4.57. The predicted molar refractivity (Wildman–Crippen MR) is 99.8 cm³/mol. The van der Waals surface area contributed by atoms with Crippen molar-refractivity contribution in [3.63, 3.8) is 0 Å². The number of Topliss-reactive ketones (excluding diaryl/α,β-unsaturated/α-hetero) is 1. The highest BCUT2D eigenvalue weighted by atomic mass is 32.2. The van der Waals surface area contributed by atoms with E-state index in [-0.39, 0.29) is 11.8 Å². The number of thioether (sulfide) groups is 1. The number of nitrogens with one attached hydrogen (secondary N) is 1. The fourth-order valence-electron chi connectivity index (χ4n) is 3.39. The molecule has 1 N–H and O–H groups in total. The van der Waals surface area contributed by atoms with E-state index in [2.05, 4.69) is 53.2 Å². The van der Waals surface area contributed by atoms with Gasteiger partial charge in [-0.2, -0.15) is 4.98 Å². The van der Waals surface area contributed by atoms with Crippen molar-refractivity contribution in [2.45, 2.75) is 37.4 Å². The largest absolute Gasteiger partial charge is 0.328 e. The molecule has 1 atom stereocenters. The molecule has 0 fully saturated rings. The summed E-state index contributed by atoms with van der Waals surface area (Å²) in [7, 11) is 0. The molecule has 0 spiro atoms. The number of carbonyl (C=O) groups excluding carboxylic acids is 1. The standard InChI is InChI=1S/C19H20N4OS/c1-3-11-25-19-21-18-20-14-5-4-6-15(24)16(14)17(23(18)22-19)13-9-7-12(2)8-10-13/h3,7-10,17H,1,4-6,11H2,2H3,(H,20,21,22)/t17-/m0/s1. The van der Waals surface area contributed by atoms with Crippen molar-refractivity contribution in [2.24, 2.45) is 0 Å². The Balaban J connectivity index is 1.83. The number of hydrogen-bond donors (Lipinski definition) is 1. The lowest BCUT2D eigenvalue weighted by molar-refractivity contribution is -0.116. The predicted octanol–water partition coefficient (Wildman–Crippen LogP) is 3.89. The molecule has 5 nitrogen and oxygen atoms in total. The van der Waals surface area contributed by atoms with Crippen LogP contribution in [0.25, 0.3) is 0 Å². The van der Waals surface area contributed by atoms with Crippen molar-refractivity contribution in [1.82, 2.24) is 14.8 Å². The van der Waals surface area contributed by atoms with Gasteiger partial charge in [-0.3, -0.25) is 4.79 Å². The lowest BCUT2D eigenvalue weighted by atomic mass is 9.85. The third-order valence-corrected chi connectivity index (χ3v) is 5.41. The molecule has 1 aliphatic heterocycles. The SMILES string of the molecule is C=CCSc1nc2n(n1)[C@@H](c1ccc(C)cc1)C1=C(CCCC1=O)N2. The maximum Gasteiger partial charge on any atom is 0.227 e. The van der Waals surface area contributed by atoms with Crippen molar-refractivity contribution in [3.8, 4) is 0 Å². The summed E-state index contributed by atoms with van der Waals surface area (Å²) in [6, 6.07) is 8.12. The number of aromatic nitrogens is 3. The molecule has 0 unspecified atom stereocenters. The van der Waals surface area contributed by atoms with E-state index in [4.69, 9.17) is 0 Å². The molecule has 128 valence electrons. The lowest BCUT2D eigenvalue weighted by Crippen LogP contribution is -2.31. The van der Waals surface area contributed by atoms with E-state index >= 15 is 0 Å². The molecule has 0 bridgehead atoms. The van der Waals surface area contributed by atoms with Gasteiger partial charge in [0, 0.05) is 23.4 Å². The topological polar surface area (TPSA) is 59.8 Å². The molecule has 1 aromatic heterocycles. The molecular weight excluding hydrogens is 332 g/mol. The van der Waals surface area contributed by atoms with Crippen LogP contribution in [0.15, 0.2) is 53.3 Å². The van der Waals surface area contributed by atoms with Gasteiger partial charge in [-0.1, -0.05) is 47.7 Å². The molecule has 0 saturated heterocycles. The van der Waals surface area contributed by atoms with Crippen LogP contribution in [0.1, 0.15) is 36.4 Å². The summed E-state index contributed by atoms with van der Waals surface area (Å²) >= 11 is 1.54. The van der Waals surface area contributed by atoms with E-state index in [9.17, 15) is 4.79 Å². The number of nitrogens with zero attached hydrogens (tertiary/aromatic N) is 3. The number of anilines is 1. The summed E-state index contributed by atoms with van der Waals surface area (Å²) in [5, 5.41) is 8.71. The van der Waals surface area contributed by atoms with Gasteiger partial charge in [-0.25, -0.2) is 4.68 Å². The van der Waals surface area contributed by atoms with Crippen LogP contribution in [-0.4, -0.2) is 26.3 Å². The van der Waals surface area contributed by atoms with Crippen molar-refractivity contribution >= 4 is 23.5 Å². The minimum absolute atomic E-state index is 0.203. The highest BCUT2D eigenvalue weighted by molar-refractivity contribution is 7.99. The van der Waals surface area contributed by atoms with Gasteiger partial charge in [-0.15, -0.1) is 11.7 Å². The smallest absolute Gasteiger partial charge is 0.227 e. The molecule has 0 radical (unpaired) electrons. The first-order chi connectivity index (χ1) is 12.2. The molecule has 0 amide bonds. The van der Waals surface area contributed by atoms with Crippen LogP contribution >= 0.6 is 11.8 Å². The van der Waals surface area contributed by atoms with Crippen LogP contribution in [0.2, 0.25) is 0 Å². The van der Waals surface area contributed by atoms with Gasteiger partial charge < -0.3 is 5.32 Å². The molecule has 2 aromatic rings. The molecular formula is C19H20N4OS. The average molecular weight is 352 g/mol. The Morgan fingerprint density at radius 3 is 2.92 bits per heavy atom. The van der Waals surface area contributed by atoms with E-state index < -0.39 is 0 Å². The van der Waals surface area contributed by atoms with Crippen LogP contribution in [0.3, 0.4) is 0 Å². The van der Waals surface area contributed by atoms with E-state index in [0.717, 1.165) is 35.4 Å². The number of fused-ring (bicyclic) bond motifs is 1. The first kappa shape index (κ1) is 16.1. The summed E-state index contributed by atoms with van der Waals surface area (Å²) in [6.45, 7) is 5.81. The highest BCUT2D eigenvalue weighted by Gasteiger charge is 2.36. The Kier molecular flexibility index (Phi) is 4.21. The lowest BCUT2D eigenvalue weighted by Gasteiger charge is -2.32. The Morgan fingerprint density at radius 1 is 1.36 bits per heavy atom. The third kappa shape index (κ3) is 2.91. The number of hydrogen-bond acceptors (Lipinski definition) is 5. The van der Waals surface area contributed by atoms with Crippen molar-refractivity contribution < 1.29 is 4.79 Å². The summed E-state index contributed by atoms with van der Waals surface area (Å²) in [5.74, 6) is 1.68. The quantitative estimate of drug-likeness (QED) is 0.668. The van der Waals surface area contributed by atoms with E-state index in [0.29, 0.717) is 17.5 Å². The Morgan fingerprint density at radius 2 is 2.16 bits per heavy atom. The fourth-order valence-corrected chi connectivity index (χ4v) is 3.95. The number of rotatable bonds is 4. The molecule has 25 heavy (non-hydrogen) atoms. The van der Waals surface area contributed by atoms with Gasteiger partial charge in [0.1, 0.15) is 6.04 Å². The molecule has 0 saturated carbocycles. The Labute approximate surface area is 151 Å². The summed E-state index contributed by atoms with van der Waals surface area (Å²) in [5.41, 5.74) is 4.11. The molecule has 1 aromatic carbocycles. The molecule has 4 rings (SSSR count). The van der Waals surface area contributed by atoms with Crippen molar-refractivity contribution in [1.29, 1.82) is 0 Å². The van der Waals surface area contributed by atoms with Gasteiger partial charge in [0.25, 0.3) is 0 Å². The number of benzene rings is 1. The van der Waals surface area contributed by atoms with E-state index in [1.54, 1.807) is 11.8 Å². The molecule has 1 aliphatic carbocycles. The maximum atomic E-state index is 12.7. The Hall–Kier alpha value is -2.34. The van der Waals surface area contributed by atoms with E-state index in [1.807, 2.05) is 10.8 Å². The van der Waals surface area contributed by atoms with Crippen LogP contribution in [-0.2, 0) is 4.79 Å². The summed E-state index contributed by atoms with van der Waals surface area (Å²) < 4.78 is 1.86. The van der Waals surface area contributed by atoms with Crippen LogP contribution in [0, 0.1) is 6.92 Å². The molecule has 2 aliphatic rings. The van der Waals surface area contributed by atoms with Gasteiger partial charge >= 0.3 is 0 Å². The zero-order valence-corrected chi connectivity index (χ0v) is 15.0. The van der Waals surface area contributed by atoms with Crippen LogP contribution < -0.4 is 5.32 Å². The monoisotopic (exact) mass is 352 g/mol. The van der Waals surface area contributed by atoms with Crippen LogP contribution in [0.4, 0.5) is 5.95 Å². The summed E-state index contributed by atoms with van der Waals surface area (Å²) in [6.07, 6.45) is 4.20. The fraction of sp³-hybridized carbons (Fsp3) is 0.316. The second kappa shape index (κ2) is 6.52. The first-order valence-corrected chi connectivity index (χ1v) is 9.46.